The zero-order valence-electron chi connectivity index (χ0n) is 11.4. The summed E-state index contributed by atoms with van der Waals surface area (Å²) >= 11 is 0. The summed E-state index contributed by atoms with van der Waals surface area (Å²) in [6, 6.07) is 18.2. The van der Waals surface area contributed by atoms with Crippen molar-refractivity contribution in [3.63, 3.8) is 0 Å². The Morgan fingerprint density at radius 3 is 1.76 bits per heavy atom. The van der Waals surface area contributed by atoms with Crippen LogP contribution >= 0.6 is 7.60 Å². The minimum atomic E-state index is -3.41. The Bertz CT molecular complexity index is 660. The Hall–Kier alpha value is -2.25. The molecule has 0 N–H and O–H groups in total. The smallest absolute Gasteiger partial charge is 0.413 e. The number of hydrogen-bond donors (Lipinski definition) is 0. The fourth-order valence-electron chi connectivity index (χ4n) is 2.02. The monoisotopic (exact) mass is 298 g/mol. The van der Waals surface area contributed by atoms with Gasteiger partial charge in [0.15, 0.2) is 0 Å². The first-order valence-corrected chi connectivity index (χ1v) is 8.26. The molecule has 0 saturated carbocycles. The van der Waals surface area contributed by atoms with Gasteiger partial charge in [-0.2, -0.15) is 0 Å². The number of allylic oxidation sites excluding steroid dienone is 4. The molecule has 0 heterocycles. The van der Waals surface area contributed by atoms with Crippen molar-refractivity contribution in [3.8, 4) is 11.5 Å². The zero-order chi connectivity index (χ0) is 14.5. The van der Waals surface area contributed by atoms with Gasteiger partial charge in [-0.1, -0.05) is 48.6 Å². The van der Waals surface area contributed by atoms with Crippen molar-refractivity contribution >= 4 is 7.60 Å². The third kappa shape index (κ3) is 3.26. The molecule has 0 aliphatic heterocycles. The van der Waals surface area contributed by atoms with Gasteiger partial charge in [-0.25, -0.2) is 4.57 Å². The highest BCUT2D eigenvalue weighted by atomic mass is 31.2. The van der Waals surface area contributed by atoms with E-state index in [1.165, 1.54) is 0 Å². The average molecular weight is 298 g/mol. The van der Waals surface area contributed by atoms with Crippen molar-refractivity contribution in [3.05, 3.63) is 84.2 Å². The maximum absolute atomic E-state index is 13.2. The third-order valence-corrected chi connectivity index (χ3v) is 4.98. The molecular weight excluding hydrogens is 283 g/mol. The highest BCUT2D eigenvalue weighted by molar-refractivity contribution is 7.59. The van der Waals surface area contributed by atoms with Gasteiger partial charge in [0.05, 0.1) is 5.31 Å². The summed E-state index contributed by atoms with van der Waals surface area (Å²) in [7, 11) is -3.41. The van der Waals surface area contributed by atoms with Crippen LogP contribution in [-0.2, 0) is 4.57 Å². The highest BCUT2D eigenvalue weighted by Gasteiger charge is 2.33. The molecule has 1 aliphatic carbocycles. The summed E-state index contributed by atoms with van der Waals surface area (Å²) in [5.41, 5.74) is 0. The Morgan fingerprint density at radius 2 is 1.33 bits per heavy atom. The second-order valence-electron chi connectivity index (χ2n) is 4.60. The van der Waals surface area contributed by atoms with Crippen molar-refractivity contribution in [2.24, 2.45) is 0 Å². The maximum atomic E-state index is 13.2. The molecule has 0 saturated heterocycles. The summed E-state index contributed by atoms with van der Waals surface area (Å²) < 4.78 is 24.6. The van der Waals surface area contributed by atoms with E-state index in [1.54, 1.807) is 30.3 Å². The van der Waals surface area contributed by atoms with Gasteiger partial charge in [0.25, 0.3) is 0 Å². The van der Waals surface area contributed by atoms with Gasteiger partial charge < -0.3 is 9.05 Å². The molecule has 106 valence electrons. The summed E-state index contributed by atoms with van der Waals surface area (Å²) in [6.45, 7) is 0. The molecule has 0 atom stereocenters. The van der Waals surface area contributed by atoms with Gasteiger partial charge in [0.2, 0.25) is 0 Å². The van der Waals surface area contributed by atoms with E-state index in [1.807, 2.05) is 48.6 Å². The van der Waals surface area contributed by atoms with Crippen LogP contribution in [0.2, 0.25) is 0 Å². The van der Waals surface area contributed by atoms with E-state index in [0.717, 1.165) is 0 Å². The molecule has 2 aromatic carbocycles. The molecule has 0 amide bonds. The summed E-state index contributed by atoms with van der Waals surface area (Å²) in [5, 5.41) is 0.662. The van der Waals surface area contributed by atoms with E-state index < -0.39 is 7.60 Å². The molecule has 0 radical (unpaired) electrons. The minimum absolute atomic E-state index is 0.532. The van der Waals surface area contributed by atoms with Gasteiger partial charge in [-0.15, -0.1) is 0 Å². The predicted molar refractivity (Wildman–Crippen MR) is 83.6 cm³/mol. The molecule has 0 aromatic heterocycles. The number of para-hydroxylation sites is 2. The molecule has 0 fully saturated rings. The summed E-state index contributed by atoms with van der Waals surface area (Å²) in [6.07, 6.45) is 6.18. The molecule has 3 nitrogen and oxygen atoms in total. The zero-order valence-corrected chi connectivity index (χ0v) is 12.3. The first-order valence-electron chi connectivity index (χ1n) is 6.72. The van der Waals surface area contributed by atoms with Gasteiger partial charge >= 0.3 is 7.60 Å². The van der Waals surface area contributed by atoms with Gasteiger partial charge in [0, 0.05) is 6.42 Å². The number of benzene rings is 2. The first-order chi connectivity index (χ1) is 10.3. The van der Waals surface area contributed by atoms with E-state index in [0.29, 0.717) is 23.2 Å². The van der Waals surface area contributed by atoms with E-state index in [4.69, 9.17) is 9.05 Å². The Labute approximate surface area is 124 Å². The van der Waals surface area contributed by atoms with E-state index in [2.05, 4.69) is 0 Å². The van der Waals surface area contributed by atoms with Crippen molar-refractivity contribution in [1.82, 2.24) is 0 Å². The van der Waals surface area contributed by atoms with Gasteiger partial charge in [0.1, 0.15) is 11.5 Å². The minimum Gasteiger partial charge on any atom is -0.413 e. The number of rotatable bonds is 5. The summed E-state index contributed by atoms with van der Waals surface area (Å²) in [5.74, 6) is 1.06. The standard InChI is InChI=1S/C17H15O3P/c18-21(17-13-7-8-14-17,19-15-9-3-1-4-10-15)20-16-11-5-2-6-12-16/h1-13H,14H2. The van der Waals surface area contributed by atoms with Gasteiger partial charge in [-0.05, 0) is 30.3 Å². The fourth-order valence-corrected chi connectivity index (χ4v) is 3.68. The Morgan fingerprint density at radius 1 is 0.810 bits per heavy atom. The highest BCUT2D eigenvalue weighted by Crippen LogP contribution is 2.57. The molecule has 0 unspecified atom stereocenters. The van der Waals surface area contributed by atoms with Crippen LogP contribution in [0.4, 0.5) is 0 Å². The lowest BCUT2D eigenvalue weighted by molar-refractivity contribution is 0.394. The average Bonchev–Trinajstić information content (AvgIpc) is 3.04. The normalized spacial score (nSPS) is 13.8. The first kappa shape index (κ1) is 13.7. The maximum Gasteiger partial charge on any atom is 0.459 e. The Kier molecular flexibility index (Phi) is 3.94. The number of hydrogen-bond acceptors (Lipinski definition) is 3. The molecule has 2 aromatic rings. The molecule has 21 heavy (non-hydrogen) atoms. The third-order valence-electron chi connectivity index (χ3n) is 3.04. The quantitative estimate of drug-likeness (QED) is 0.713. The lowest BCUT2D eigenvalue weighted by Crippen LogP contribution is -2.03. The van der Waals surface area contributed by atoms with Crippen LogP contribution in [0.15, 0.2) is 84.2 Å². The van der Waals surface area contributed by atoms with Crippen LogP contribution in [0.3, 0.4) is 0 Å². The SMILES string of the molecule is O=P(Oc1ccccc1)(Oc1ccccc1)C1=CC=CC1. The van der Waals surface area contributed by atoms with E-state index in [-0.39, 0.29) is 0 Å². The van der Waals surface area contributed by atoms with Crippen LogP contribution < -0.4 is 9.05 Å². The lowest BCUT2D eigenvalue weighted by Gasteiger charge is -2.21. The predicted octanol–water partition coefficient (Wildman–Crippen LogP) is 5.18. The molecule has 4 heteroatoms. The van der Waals surface area contributed by atoms with Crippen LogP contribution in [0.25, 0.3) is 0 Å². The van der Waals surface area contributed by atoms with Crippen molar-refractivity contribution in [1.29, 1.82) is 0 Å². The van der Waals surface area contributed by atoms with E-state index >= 15 is 0 Å². The molecule has 3 rings (SSSR count). The van der Waals surface area contributed by atoms with Crippen LogP contribution in [-0.4, -0.2) is 0 Å². The fraction of sp³-hybridized carbons (Fsp3) is 0.0588. The van der Waals surface area contributed by atoms with Crippen molar-refractivity contribution < 1.29 is 13.6 Å². The molecule has 0 spiro atoms. The van der Waals surface area contributed by atoms with Gasteiger partial charge in [-0.3, -0.25) is 0 Å². The largest absolute Gasteiger partial charge is 0.459 e. The molecule has 0 bridgehead atoms. The van der Waals surface area contributed by atoms with E-state index in [9.17, 15) is 4.57 Å². The topological polar surface area (TPSA) is 35.5 Å². The second-order valence-corrected chi connectivity index (χ2v) is 6.53. The summed E-state index contributed by atoms with van der Waals surface area (Å²) in [4.78, 5) is 0. The lowest BCUT2D eigenvalue weighted by atomic mass is 10.3. The molecular formula is C17H15O3P. The van der Waals surface area contributed by atoms with Crippen LogP contribution in [0.1, 0.15) is 6.42 Å². The Balaban J connectivity index is 1.90. The van der Waals surface area contributed by atoms with Crippen LogP contribution in [0, 0.1) is 0 Å². The van der Waals surface area contributed by atoms with Crippen LogP contribution in [0.5, 0.6) is 11.5 Å². The van der Waals surface area contributed by atoms with Crippen molar-refractivity contribution in [2.75, 3.05) is 0 Å². The van der Waals surface area contributed by atoms with Crippen molar-refractivity contribution in [2.45, 2.75) is 6.42 Å². The molecule has 1 aliphatic rings. The second kappa shape index (κ2) is 6.02.